The molecule has 0 N–H and O–H groups in total. The molecule has 2 rings (SSSR count). The molecule has 0 amide bonds. The number of methoxy groups -OCH3 is 1. The number of ether oxygens (including phenoxy) is 2. The second kappa shape index (κ2) is 7.21. The Balaban J connectivity index is 2.50. The van der Waals surface area contributed by atoms with Crippen LogP contribution in [0.15, 0.2) is 53.7 Å². The van der Waals surface area contributed by atoms with E-state index in [9.17, 15) is 9.18 Å². The number of hydrogen-bond acceptors (Lipinski definition) is 5. The van der Waals surface area contributed by atoms with Gasteiger partial charge in [0.2, 0.25) is 5.71 Å². The lowest BCUT2D eigenvalue weighted by atomic mass is 10.1. The summed E-state index contributed by atoms with van der Waals surface area (Å²) in [5.74, 6) is -0.872. The Morgan fingerprint density at radius 1 is 1.05 bits per heavy atom. The highest BCUT2D eigenvalue weighted by Gasteiger charge is 2.24. The van der Waals surface area contributed by atoms with E-state index in [1.165, 1.54) is 32.4 Å². The molecule has 0 atom stereocenters. The van der Waals surface area contributed by atoms with Crippen molar-refractivity contribution in [2.75, 3.05) is 14.2 Å². The summed E-state index contributed by atoms with van der Waals surface area (Å²) in [6.07, 6.45) is 0. The largest absolute Gasteiger partial charge is 0.464 e. The molecule has 0 aromatic heterocycles. The molecule has 0 fully saturated rings. The third-order valence-corrected chi connectivity index (χ3v) is 2.74. The molecule has 5 nitrogen and oxygen atoms in total. The SMILES string of the molecule is CO/N=C(\C(=O)OC)c1c(F)cccc1Oc1ccccc1. The lowest BCUT2D eigenvalue weighted by Gasteiger charge is -2.12. The first-order valence-corrected chi connectivity index (χ1v) is 6.38. The predicted octanol–water partition coefficient (Wildman–Crippen LogP) is 3.14. The summed E-state index contributed by atoms with van der Waals surface area (Å²) in [4.78, 5) is 16.4. The highest BCUT2D eigenvalue weighted by Crippen LogP contribution is 2.28. The van der Waals surface area contributed by atoms with Crippen LogP contribution >= 0.6 is 0 Å². The van der Waals surface area contributed by atoms with Gasteiger partial charge in [0.15, 0.2) is 0 Å². The van der Waals surface area contributed by atoms with E-state index >= 15 is 0 Å². The summed E-state index contributed by atoms with van der Waals surface area (Å²) < 4.78 is 24.4. The van der Waals surface area contributed by atoms with Gasteiger partial charge in [-0.15, -0.1) is 0 Å². The zero-order chi connectivity index (χ0) is 15.9. The first kappa shape index (κ1) is 15.5. The summed E-state index contributed by atoms with van der Waals surface area (Å²) in [6.45, 7) is 0. The fourth-order valence-corrected chi connectivity index (χ4v) is 1.81. The van der Waals surface area contributed by atoms with E-state index < -0.39 is 11.8 Å². The molecule has 0 unspecified atom stereocenters. The van der Waals surface area contributed by atoms with Gasteiger partial charge in [-0.2, -0.15) is 0 Å². The fourth-order valence-electron chi connectivity index (χ4n) is 1.81. The van der Waals surface area contributed by atoms with Crippen LogP contribution in [0.25, 0.3) is 0 Å². The van der Waals surface area contributed by atoms with Gasteiger partial charge in [0.05, 0.1) is 12.7 Å². The zero-order valence-electron chi connectivity index (χ0n) is 12.1. The van der Waals surface area contributed by atoms with Crippen molar-refractivity contribution in [2.45, 2.75) is 0 Å². The van der Waals surface area contributed by atoms with Gasteiger partial charge in [-0.1, -0.05) is 29.4 Å². The summed E-state index contributed by atoms with van der Waals surface area (Å²) in [6, 6.07) is 13.0. The van der Waals surface area contributed by atoms with Crippen LogP contribution in [0.3, 0.4) is 0 Å². The van der Waals surface area contributed by atoms with Crippen LogP contribution < -0.4 is 4.74 Å². The lowest BCUT2D eigenvalue weighted by molar-refractivity contribution is -0.132. The second-order valence-electron chi connectivity index (χ2n) is 4.14. The molecule has 0 radical (unpaired) electrons. The lowest BCUT2D eigenvalue weighted by Crippen LogP contribution is -2.19. The van der Waals surface area contributed by atoms with Crippen molar-refractivity contribution in [1.29, 1.82) is 0 Å². The van der Waals surface area contributed by atoms with Crippen LogP contribution in [0.2, 0.25) is 0 Å². The van der Waals surface area contributed by atoms with E-state index in [0.29, 0.717) is 5.75 Å². The van der Waals surface area contributed by atoms with Crippen LogP contribution in [0, 0.1) is 5.82 Å². The van der Waals surface area contributed by atoms with Crippen LogP contribution in [-0.2, 0) is 14.4 Å². The summed E-state index contributed by atoms with van der Waals surface area (Å²) in [5.41, 5.74) is -0.436. The minimum Gasteiger partial charge on any atom is -0.464 e. The minimum atomic E-state index is -0.829. The number of oxime groups is 1. The molecule has 0 saturated carbocycles. The summed E-state index contributed by atoms with van der Waals surface area (Å²) >= 11 is 0. The molecule has 6 heteroatoms. The molecule has 0 heterocycles. The average Bonchev–Trinajstić information content (AvgIpc) is 2.54. The molecule has 0 bridgehead atoms. The Hall–Kier alpha value is -2.89. The van der Waals surface area contributed by atoms with Crippen molar-refractivity contribution in [3.63, 3.8) is 0 Å². The summed E-state index contributed by atoms with van der Waals surface area (Å²) in [5, 5.41) is 3.55. The molecule has 0 aliphatic carbocycles. The standard InChI is InChI=1S/C16H14FNO4/c1-20-16(19)15(18-21-2)14-12(17)9-6-10-13(14)22-11-7-4-3-5-8-11/h3-10H,1-2H3/b18-15-. The molecular weight excluding hydrogens is 289 g/mol. The van der Waals surface area contributed by atoms with Crippen LogP contribution in [0.1, 0.15) is 5.56 Å². The highest BCUT2D eigenvalue weighted by atomic mass is 19.1. The maximum Gasteiger partial charge on any atom is 0.361 e. The van der Waals surface area contributed by atoms with Crippen molar-refractivity contribution in [3.05, 3.63) is 59.9 Å². The van der Waals surface area contributed by atoms with E-state index in [0.717, 1.165) is 0 Å². The van der Waals surface area contributed by atoms with Gasteiger partial charge in [0.1, 0.15) is 24.4 Å². The Morgan fingerprint density at radius 3 is 2.41 bits per heavy atom. The first-order valence-electron chi connectivity index (χ1n) is 6.38. The maximum absolute atomic E-state index is 14.2. The van der Waals surface area contributed by atoms with Gasteiger partial charge >= 0.3 is 5.97 Å². The maximum atomic E-state index is 14.2. The normalized spacial score (nSPS) is 11.0. The number of esters is 1. The highest BCUT2D eigenvalue weighted by molar-refractivity contribution is 6.43. The van der Waals surface area contributed by atoms with Crippen molar-refractivity contribution < 1.29 is 23.5 Å². The van der Waals surface area contributed by atoms with E-state index in [4.69, 9.17) is 4.74 Å². The quantitative estimate of drug-likeness (QED) is 0.484. The molecule has 2 aromatic rings. The number of halogens is 1. The summed E-state index contributed by atoms with van der Waals surface area (Å²) in [7, 11) is 2.42. The first-order chi connectivity index (χ1) is 10.7. The Bertz CT molecular complexity index is 686. The van der Waals surface area contributed by atoms with E-state index in [1.807, 2.05) is 6.07 Å². The number of carbonyl (C=O) groups excluding carboxylic acids is 1. The molecular formula is C16H14FNO4. The van der Waals surface area contributed by atoms with Crippen molar-refractivity contribution in [2.24, 2.45) is 5.16 Å². The Kier molecular flexibility index (Phi) is 5.08. The molecule has 22 heavy (non-hydrogen) atoms. The third kappa shape index (κ3) is 3.41. The Labute approximate surface area is 126 Å². The van der Waals surface area contributed by atoms with Crippen molar-refractivity contribution >= 4 is 11.7 Å². The van der Waals surface area contributed by atoms with Gasteiger partial charge in [0.25, 0.3) is 0 Å². The van der Waals surface area contributed by atoms with Crippen LogP contribution in [-0.4, -0.2) is 25.9 Å². The predicted molar refractivity (Wildman–Crippen MR) is 78.5 cm³/mol. The second-order valence-corrected chi connectivity index (χ2v) is 4.14. The van der Waals surface area contributed by atoms with Gasteiger partial charge in [-0.25, -0.2) is 9.18 Å². The van der Waals surface area contributed by atoms with Crippen molar-refractivity contribution in [3.8, 4) is 11.5 Å². The number of para-hydroxylation sites is 1. The number of nitrogens with zero attached hydrogens (tertiary/aromatic N) is 1. The molecule has 0 aliphatic rings. The van der Waals surface area contributed by atoms with Crippen LogP contribution in [0.5, 0.6) is 11.5 Å². The molecule has 2 aromatic carbocycles. The molecule has 0 aliphatic heterocycles. The number of carbonyl (C=O) groups is 1. The van der Waals surface area contributed by atoms with Crippen LogP contribution in [0.4, 0.5) is 4.39 Å². The van der Waals surface area contributed by atoms with Gasteiger partial charge in [-0.3, -0.25) is 0 Å². The molecule has 114 valence electrons. The van der Waals surface area contributed by atoms with Gasteiger partial charge < -0.3 is 14.3 Å². The Morgan fingerprint density at radius 2 is 1.77 bits per heavy atom. The van der Waals surface area contributed by atoms with Gasteiger partial charge in [-0.05, 0) is 24.3 Å². The monoisotopic (exact) mass is 303 g/mol. The van der Waals surface area contributed by atoms with Gasteiger partial charge in [0, 0.05) is 0 Å². The number of rotatable bonds is 5. The topological polar surface area (TPSA) is 57.1 Å². The average molecular weight is 303 g/mol. The fraction of sp³-hybridized carbons (Fsp3) is 0.125. The smallest absolute Gasteiger partial charge is 0.361 e. The third-order valence-electron chi connectivity index (χ3n) is 2.74. The molecule has 0 spiro atoms. The van der Waals surface area contributed by atoms with E-state index in [2.05, 4.69) is 14.7 Å². The minimum absolute atomic E-state index is 0.125. The number of hydrogen-bond donors (Lipinski definition) is 0. The molecule has 0 saturated heterocycles. The van der Waals surface area contributed by atoms with E-state index in [-0.39, 0.29) is 17.0 Å². The number of benzene rings is 2. The van der Waals surface area contributed by atoms with Crippen molar-refractivity contribution in [1.82, 2.24) is 0 Å². The zero-order valence-corrected chi connectivity index (χ0v) is 12.1. The van der Waals surface area contributed by atoms with E-state index in [1.54, 1.807) is 24.3 Å².